The highest BCUT2D eigenvalue weighted by molar-refractivity contribution is 6.42. The molecule has 1 aromatic carbocycles. The molecule has 2 rings (SSSR count). The number of amides is 1. The molecule has 0 saturated heterocycles. The monoisotopic (exact) mass is 271 g/mol. The highest BCUT2D eigenvalue weighted by Gasteiger charge is 2.11. The summed E-state index contributed by atoms with van der Waals surface area (Å²) in [5.74, 6) is -0.243. The topological polar surface area (TPSA) is 62.5 Å². The number of halogens is 2. The Hall–Kier alpha value is -1.49. The lowest BCUT2D eigenvalue weighted by atomic mass is 10.2. The van der Waals surface area contributed by atoms with Crippen LogP contribution in [0.25, 0.3) is 11.3 Å². The molecular weight excluding hydrogens is 265 g/mol. The Balaban J connectivity index is 2.37. The fourth-order valence-electron chi connectivity index (χ4n) is 1.32. The smallest absolute Gasteiger partial charge is 0.310 e. The van der Waals surface area contributed by atoms with Crippen LogP contribution >= 0.6 is 23.2 Å². The normalized spacial score (nSPS) is 10.3. The molecule has 2 N–H and O–H groups in total. The third kappa shape index (κ3) is 2.44. The van der Waals surface area contributed by atoms with Gasteiger partial charge in [0.2, 0.25) is 0 Å². The van der Waals surface area contributed by atoms with E-state index in [1.807, 2.05) is 0 Å². The molecule has 1 heterocycles. The second kappa shape index (κ2) is 4.79. The van der Waals surface area contributed by atoms with Crippen molar-refractivity contribution in [2.45, 2.75) is 0 Å². The van der Waals surface area contributed by atoms with Crippen molar-refractivity contribution in [2.75, 3.05) is 0 Å². The minimum atomic E-state index is -0.712. The molecule has 0 radical (unpaired) electrons. The predicted octanol–water partition coefficient (Wildman–Crippen LogP) is 3.37. The van der Waals surface area contributed by atoms with Gasteiger partial charge in [-0.25, -0.2) is 5.48 Å². The summed E-state index contributed by atoms with van der Waals surface area (Å²) in [4.78, 5) is 11.1. The maximum Gasteiger partial charge on any atom is 0.310 e. The van der Waals surface area contributed by atoms with Crippen LogP contribution in [0.5, 0.6) is 0 Å². The van der Waals surface area contributed by atoms with E-state index in [2.05, 4.69) is 0 Å². The quantitative estimate of drug-likeness (QED) is 0.650. The SMILES string of the molecule is O=C(NO)c1ccc(-c2ccc(Cl)c(Cl)c2)o1. The lowest BCUT2D eigenvalue weighted by molar-refractivity contribution is 0.0677. The number of hydroxylamine groups is 1. The van der Waals surface area contributed by atoms with Crippen LogP contribution in [0, 0.1) is 0 Å². The van der Waals surface area contributed by atoms with Gasteiger partial charge in [0, 0.05) is 5.56 Å². The number of hydrogen-bond acceptors (Lipinski definition) is 3. The van der Waals surface area contributed by atoms with Crippen molar-refractivity contribution in [1.29, 1.82) is 0 Å². The van der Waals surface area contributed by atoms with Gasteiger partial charge in [0.25, 0.3) is 0 Å². The molecule has 4 nitrogen and oxygen atoms in total. The van der Waals surface area contributed by atoms with E-state index in [0.29, 0.717) is 21.4 Å². The van der Waals surface area contributed by atoms with E-state index in [4.69, 9.17) is 32.8 Å². The molecule has 0 atom stereocenters. The first-order valence-corrected chi connectivity index (χ1v) is 5.37. The summed E-state index contributed by atoms with van der Waals surface area (Å²) >= 11 is 11.7. The van der Waals surface area contributed by atoms with E-state index < -0.39 is 5.91 Å². The zero-order valence-electron chi connectivity index (χ0n) is 8.41. The highest BCUT2D eigenvalue weighted by Crippen LogP contribution is 2.29. The molecule has 0 aliphatic heterocycles. The summed E-state index contributed by atoms with van der Waals surface area (Å²) in [7, 11) is 0. The second-order valence-corrected chi connectivity index (χ2v) is 4.05. The van der Waals surface area contributed by atoms with Gasteiger partial charge in [0.1, 0.15) is 5.76 Å². The Kier molecular flexibility index (Phi) is 3.38. The van der Waals surface area contributed by atoms with Crippen LogP contribution in [0.15, 0.2) is 34.7 Å². The Morgan fingerprint density at radius 1 is 1.18 bits per heavy atom. The van der Waals surface area contributed by atoms with Crippen LogP contribution in [-0.4, -0.2) is 11.1 Å². The molecule has 88 valence electrons. The first-order chi connectivity index (χ1) is 8.11. The maximum atomic E-state index is 11.1. The van der Waals surface area contributed by atoms with Gasteiger partial charge in [-0.3, -0.25) is 10.0 Å². The largest absolute Gasteiger partial charge is 0.451 e. The molecule has 0 unspecified atom stereocenters. The van der Waals surface area contributed by atoms with Gasteiger partial charge in [-0.05, 0) is 30.3 Å². The fourth-order valence-corrected chi connectivity index (χ4v) is 1.62. The maximum absolute atomic E-state index is 11.1. The van der Waals surface area contributed by atoms with E-state index in [1.54, 1.807) is 24.3 Å². The summed E-state index contributed by atoms with van der Waals surface area (Å²) in [5.41, 5.74) is 2.18. The summed E-state index contributed by atoms with van der Waals surface area (Å²) < 4.78 is 5.24. The summed E-state index contributed by atoms with van der Waals surface area (Å²) in [6.45, 7) is 0. The fraction of sp³-hybridized carbons (Fsp3) is 0. The van der Waals surface area contributed by atoms with Crippen molar-refractivity contribution in [3.63, 3.8) is 0 Å². The number of benzene rings is 1. The zero-order chi connectivity index (χ0) is 12.4. The number of rotatable bonds is 2. The number of carbonyl (C=O) groups excluding carboxylic acids is 1. The standard InChI is InChI=1S/C11H7Cl2NO3/c12-7-2-1-6(5-8(7)13)9-3-4-10(17-9)11(15)14-16/h1-5,16H,(H,14,15). The van der Waals surface area contributed by atoms with Crippen LogP contribution in [-0.2, 0) is 0 Å². The third-order valence-electron chi connectivity index (χ3n) is 2.14. The van der Waals surface area contributed by atoms with Gasteiger partial charge in [-0.15, -0.1) is 0 Å². The van der Waals surface area contributed by atoms with Crippen LogP contribution < -0.4 is 5.48 Å². The first-order valence-electron chi connectivity index (χ1n) is 4.61. The van der Waals surface area contributed by atoms with Crippen LogP contribution in [0.2, 0.25) is 10.0 Å². The van der Waals surface area contributed by atoms with Gasteiger partial charge in [0.15, 0.2) is 5.76 Å². The average Bonchev–Trinajstić information content (AvgIpc) is 2.81. The molecule has 0 bridgehead atoms. The highest BCUT2D eigenvalue weighted by atomic mass is 35.5. The molecule has 0 aliphatic rings. The van der Waals surface area contributed by atoms with Crippen molar-refractivity contribution in [2.24, 2.45) is 0 Å². The van der Waals surface area contributed by atoms with Gasteiger partial charge in [-0.2, -0.15) is 0 Å². The van der Waals surface area contributed by atoms with Crippen LogP contribution in [0.4, 0.5) is 0 Å². The van der Waals surface area contributed by atoms with Crippen molar-refractivity contribution >= 4 is 29.1 Å². The Morgan fingerprint density at radius 2 is 1.94 bits per heavy atom. The molecule has 2 aromatic rings. The summed E-state index contributed by atoms with van der Waals surface area (Å²) in [5, 5.41) is 9.29. The second-order valence-electron chi connectivity index (χ2n) is 3.23. The first kappa shape index (κ1) is 12.0. The van der Waals surface area contributed by atoms with E-state index in [-0.39, 0.29) is 5.76 Å². The molecule has 0 aliphatic carbocycles. The molecule has 0 saturated carbocycles. The molecule has 0 fully saturated rings. The Bertz CT molecular complexity index is 566. The van der Waals surface area contributed by atoms with Crippen molar-refractivity contribution in [3.8, 4) is 11.3 Å². The minimum absolute atomic E-state index is 0.00794. The molecule has 0 spiro atoms. The Morgan fingerprint density at radius 3 is 2.59 bits per heavy atom. The lowest BCUT2D eigenvalue weighted by Crippen LogP contribution is -2.17. The number of nitrogens with one attached hydrogen (secondary N) is 1. The summed E-state index contributed by atoms with van der Waals surface area (Å²) in [6, 6.07) is 8.03. The Labute approximate surface area is 107 Å². The average molecular weight is 272 g/mol. The van der Waals surface area contributed by atoms with Gasteiger partial charge in [-0.1, -0.05) is 23.2 Å². The minimum Gasteiger partial charge on any atom is -0.451 e. The van der Waals surface area contributed by atoms with E-state index in [0.717, 1.165) is 0 Å². The molecule has 17 heavy (non-hydrogen) atoms. The van der Waals surface area contributed by atoms with Gasteiger partial charge >= 0.3 is 5.91 Å². The molecule has 6 heteroatoms. The third-order valence-corrected chi connectivity index (χ3v) is 2.87. The zero-order valence-corrected chi connectivity index (χ0v) is 9.92. The van der Waals surface area contributed by atoms with E-state index in [1.165, 1.54) is 11.5 Å². The number of carbonyl (C=O) groups is 1. The van der Waals surface area contributed by atoms with E-state index in [9.17, 15) is 4.79 Å². The van der Waals surface area contributed by atoms with Crippen LogP contribution in [0.1, 0.15) is 10.6 Å². The molecule has 1 amide bonds. The van der Waals surface area contributed by atoms with E-state index >= 15 is 0 Å². The number of hydrogen-bond donors (Lipinski definition) is 2. The van der Waals surface area contributed by atoms with Crippen molar-refractivity contribution in [1.82, 2.24) is 5.48 Å². The van der Waals surface area contributed by atoms with Crippen LogP contribution in [0.3, 0.4) is 0 Å². The predicted molar refractivity (Wildman–Crippen MR) is 63.4 cm³/mol. The lowest BCUT2D eigenvalue weighted by Gasteiger charge is -1.99. The number of furan rings is 1. The van der Waals surface area contributed by atoms with Gasteiger partial charge < -0.3 is 4.42 Å². The molecule has 1 aromatic heterocycles. The van der Waals surface area contributed by atoms with Gasteiger partial charge in [0.05, 0.1) is 10.0 Å². The van der Waals surface area contributed by atoms with Crippen molar-refractivity contribution in [3.05, 3.63) is 46.1 Å². The van der Waals surface area contributed by atoms with Crippen molar-refractivity contribution < 1.29 is 14.4 Å². The summed E-state index contributed by atoms with van der Waals surface area (Å²) in [6.07, 6.45) is 0. The molecular formula is C11H7Cl2NO3.